The van der Waals surface area contributed by atoms with Gasteiger partial charge in [-0.2, -0.15) is 0 Å². The van der Waals surface area contributed by atoms with Crippen LogP contribution in [0.5, 0.6) is 0 Å². The van der Waals surface area contributed by atoms with Crippen molar-refractivity contribution >= 4 is 11.6 Å². The van der Waals surface area contributed by atoms with Gasteiger partial charge in [-0.15, -0.1) is 0 Å². The number of anilines is 1. The molecule has 3 N–H and O–H groups in total. The number of hydrogen-bond acceptors (Lipinski definition) is 2. The molecular formula is C12H21N3O. The van der Waals surface area contributed by atoms with E-state index in [2.05, 4.69) is 25.8 Å². The molecule has 90 valence electrons. The van der Waals surface area contributed by atoms with Crippen molar-refractivity contribution in [2.45, 2.75) is 33.7 Å². The Bertz CT molecular complexity index is 376. The van der Waals surface area contributed by atoms with E-state index in [0.29, 0.717) is 11.4 Å². The zero-order valence-electron chi connectivity index (χ0n) is 10.7. The van der Waals surface area contributed by atoms with Crippen molar-refractivity contribution in [2.24, 2.45) is 5.41 Å². The number of aromatic amines is 1. The number of carbonyl (C=O) groups is 1. The summed E-state index contributed by atoms with van der Waals surface area (Å²) in [5.41, 5.74) is 6.76. The van der Waals surface area contributed by atoms with E-state index in [1.807, 2.05) is 14.0 Å². The summed E-state index contributed by atoms with van der Waals surface area (Å²) in [5.74, 6) is -0.0286. The lowest BCUT2D eigenvalue weighted by molar-refractivity contribution is 0.0624. The van der Waals surface area contributed by atoms with Gasteiger partial charge in [0.25, 0.3) is 5.91 Å². The Hall–Kier alpha value is -1.45. The molecular weight excluding hydrogens is 202 g/mol. The second kappa shape index (κ2) is 4.20. The molecule has 0 saturated carbocycles. The number of carbonyl (C=O) groups excluding carboxylic acids is 1. The van der Waals surface area contributed by atoms with Gasteiger partial charge in [0.2, 0.25) is 0 Å². The van der Waals surface area contributed by atoms with Crippen molar-refractivity contribution in [3.05, 3.63) is 18.0 Å². The van der Waals surface area contributed by atoms with Crippen LogP contribution in [0.1, 0.15) is 38.2 Å². The van der Waals surface area contributed by atoms with Crippen molar-refractivity contribution < 1.29 is 4.79 Å². The van der Waals surface area contributed by atoms with Crippen LogP contribution < -0.4 is 5.73 Å². The molecule has 4 heteroatoms. The predicted molar refractivity (Wildman–Crippen MR) is 66.2 cm³/mol. The number of rotatable bonds is 2. The zero-order chi connectivity index (χ0) is 12.5. The van der Waals surface area contributed by atoms with Crippen molar-refractivity contribution in [1.82, 2.24) is 9.88 Å². The largest absolute Gasteiger partial charge is 0.397 e. The van der Waals surface area contributed by atoms with Gasteiger partial charge in [-0.05, 0) is 18.4 Å². The molecule has 1 atom stereocenters. The third-order valence-corrected chi connectivity index (χ3v) is 3.09. The Kier molecular flexibility index (Phi) is 3.31. The fraction of sp³-hybridized carbons (Fsp3) is 0.583. The van der Waals surface area contributed by atoms with Gasteiger partial charge in [-0.3, -0.25) is 4.79 Å². The molecule has 1 rings (SSSR count). The second-order valence-corrected chi connectivity index (χ2v) is 5.30. The predicted octanol–water partition coefficient (Wildman–Crippen LogP) is 2.10. The zero-order valence-corrected chi connectivity index (χ0v) is 10.7. The van der Waals surface area contributed by atoms with E-state index < -0.39 is 0 Å². The maximum Gasteiger partial charge on any atom is 0.270 e. The molecule has 1 heterocycles. The Morgan fingerprint density at radius 2 is 2.06 bits per heavy atom. The highest BCUT2D eigenvalue weighted by Gasteiger charge is 2.27. The summed E-state index contributed by atoms with van der Waals surface area (Å²) in [6.45, 7) is 8.39. The van der Waals surface area contributed by atoms with Gasteiger partial charge in [0.05, 0.1) is 0 Å². The van der Waals surface area contributed by atoms with Gasteiger partial charge in [0, 0.05) is 25.0 Å². The van der Waals surface area contributed by atoms with Crippen LogP contribution >= 0.6 is 0 Å². The highest BCUT2D eigenvalue weighted by Crippen LogP contribution is 2.24. The molecule has 1 aromatic rings. The molecule has 0 bridgehead atoms. The topological polar surface area (TPSA) is 62.1 Å². The minimum absolute atomic E-state index is 0.0286. The Balaban J connectivity index is 2.83. The third kappa shape index (κ3) is 2.56. The maximum absolute atomic E-state index is 12.1. The molecule has 0 radical (unpaired) electrons. The molecule has 0 aliphatic heterocycles. The first kappa shape index (κ1) is 12.6. The number of nitrogens with two attached hydrogens (primary N) is 1. The van der Waals surface area contributed by atoms with Gasteiger partial charge < -0.3 is 15.6 Å². The Labute approximate surface area is 96.8 Å². The summed E-state index contributed by atoms with van der Waals surface area (Å²) in [4.78, 5) is 16.7. The highest BCUT2D eigenvalue weighted by molar-refractivity contribution is 5.93. The van der Waals surface area contributed by atoms with Gasteiger partial charge in [0.1, 0.15) is 5.69 Å². The van der Waals surface area contributed by atoms with E-state index in [4.69, 9.17) is 5.73 Å². The molecule has 0 aliphatic rings. The van der Waals surface area contributed by atoms with Gasteiger partial charge >= 0.3 is 0 Å². The Morgan fingerprint density at radius 1 is 1.50 bits per heavy atom. The van der Waals surface area contributed by atoms with Crippen molar-refractivity contribution in [2.75, 3.05) is 12.8 Å². The lowest BCUT2D eigenvalue weighted by Gasteiger charge is -2.35. The quantitative estimate of drug-likeness (QED) is 0.806. The first-order valence-corrected chi connectivity index (χ1v) is 5.44. The average molecular weight is 223 g/mol. The molecule has 1 unspecified atom stereocenters. The Morgan fingerprint density at radius 3 is 2.44 bits per heavy atom. The summed E-state index contributed by atoms with van der Waals surface area (Å²) in [7, 11) is 1.81. The van der Waals surface area contributed by atoms with Crippen LogP contribution in [0.15, 0.2) is 12.3 Å². The van der Waals surface area contributed by atoms with Crippen LogP contribution in [0.2, 0.25) is 0 Å². The number of nitrogens with one attached hydrogen (secondary N) is 1. The van der Waals surface area contributed by atoms with Crippen molar-refractivity contribution in [3.63, 3.8) is 0 Å². The van der Waals surface area contributed by atoms with Crippen LogP contribution in [0.4, 0.5) is 5.69 Å². The number of hydrogen-bond donors (Lipinski definition) is 2. The van der Waals surface area contributed by atoms with Crippen molar-refractivity contribution in [1.29, 1.82) is 0 Å². The number of nitrogens with zero attached hydrogens (tertiary/aromatic N) is 1. The SMILES string of the molecule is CC(N(C)C(=O)c1cc(N)c[nH]1)C(C)(C)C. The van der Waals surface area contributed by atoms with E-state index >= 15 is 0 Å². The number of amides is 1. The molecule has 0 aliphatic carbocycles. The minimum atomic E-state index is -0.0286. The summed E-state index contributed by atoms with van der Waals surface area (Å²) in [6, 6.07) is 1.82. The number of nitrogen functional groups attached to an aromatic ring is 1. The lowest BCUT2D eigenvalue weighted by atomic mass is 9.87. The van der Waals surface area contributed by atoms with Crippen LogP contribution in [0.3, 0.4) is 0 Å². The average Bonchev–Trinajstić information content (AvgIpc) is 2.60. The molecule has 16 heavy (non-hydrogen) atoms. The monoisotopic (exact) mass is 223 g/mol. The second-order valence-electron chi connectivity index (χ2n) is 5.30. The van der Waals surface area contributed by atoms with Crippen LogP contribution in [-0.2, 0) is 0 Å². The normalized spacial score (nSPS) is 13.6. The first-order valence-electron chi connectivity index (χ1n) is 5.44. The van der Waals surface area contributed by atoms with Crippen molar-refractivity contribution in [3.8, 4) is 0 Å². The summed E-state index contributed by atoms with van der Waals surface area (Å²) < 4.78 is 0. The smallest absolute Gasteiger partial charge is 0.270 e. The van der Waals surface area contributed by atoms with Gasteiger partial charge in [-0.1, -0.05) is 20.8 Å². The van der Waals surface area contributed by atoms with E-state index in [-0.39, 0.29) is 17.4 Å². The molecule has 1 amide bonds. The van der Waals surface area contributed by atoms with Crippen LogP contribution in [0.25, 0.3) is 0 Å². The lowest BCUT2D eigenvalue weighted by Crippen LogP contribution is -2.43. The standard InChI is InChI=1S/C12H21N3O/c1-8(12(2,3)4)15(5)11(16)10-6-9(13)7-14-10/h6-8,14H,13H2,1-5H3. The van der Waals surface area contributed by atoms with E-state index in [1.54, 1.807) is 17.2 Å². The minimum Gasteiger partial charge on any atom is -0.397 e. The fourth-order valence-electron chi connectivity index (χ4n) is 1.48. The molecule has 0 fully saturated rings. The molecule has 0 spiro atoms. The molecule has 1 aromatic heterocycles. The summed E-state index contributed by atoms with van der Waals surface area (Å²) in [5, 5.41) is 0. The van der Waals surface area contributed by atoms with Gasteiger partial charge in [-0.25, -0.2) is 0 Å². The van der Waals surface area contributed by atoms with Gasteiger partial charge in [0.15, 0.2) is 0 Å². The first-order chi connectivity index (χ1) is 7.23. The van der Waals surface area contributed by atoms with E-state index in [0.717, 1.165) is 0 Å². The van der Waals surface area contributed by atoms with Crippen LogP contribution in [-0.4, -0.2) is 28.9 Å². The summed E-state index contributed by atoms with van der Waals surface area (Å²) in [6.07, 6.45) is 1.63. The molecule has 0 saturated heterocycles. The summed E-state index contributed by atoms with van der Waals surface area (Å²) >= 11 is 0. The van der Waals surface area contributed by atoms with Crippen LogP contribution in [0, 0.1) is 5.41 Å². The highest BCUT2D eigenvalue weighted by atomic mass is 16.2. The number of H-pyrrole nitrogens is 1. The molecule has 0 aromatic carbocycles. The molecule has 4 nitrogen and oxygen atoms in total. The third-order valence-electron chi connectivity index (χ3n) is 3.09. The number of aromatic nitrogens is 1. The van der Waals surface area contributed by atoms with E-state index in [1.165, 1.54) is 0 Å². The fourth-order valence-corrected chi connectivity index (χ4v) is 1.48. The van der Waals surface area contributed by atoms with E-state index in [9.17, 15) is 4.79 Å². The maximum atomic E-state index is 12.1.